The first-order chi connectivity index (χ1) is 8.35. The van der Waals surface area contributed by atoms with Gasteiger partial charge in [0, 0.05) is 18.7 Å². The Morgan fingerprint density at radius 1 is 1.41 bits per heavy atom. The molecule has 0 atom stereocenters. The molecule has 17 heavy (non-hydrogen) atoms. The lowest BCUT2D eigenvalue weighted by atomic mass is 10.1. The molecule has 0 amide bonds. The van der Waals surface area contributed by atoms with Gasteiger partial charge in [0.25, 0.3) is 0 Å². The zero-order valence-corrected chi connectivity index (χ0v) is 9.30. The van der Waals surface area contributed by atoms with E-state index in [1.54, 1.807) is 30.5 Å². The van der Waals surface area contributed by atoms with E-state index in [0.29, 0.717) is 22.6 Å². The van der Waals surface area contributed by atoms with Crippen LogP contribution in [0.4, 0.5) is 0 Å². The summed E-state index contributed by atoms with van der Waals surface area (Å²) in [6.07, 6.45) is 2.28. The summed E-state index contributed by atoms with van der Waals surface area (Å²) in [5.74, 6) is 1.16. The van der Waals surface area contributed by atoms with E-state index in [-0.39, 0.29) is 6.79 Å². The van der Waals surface area contributed by atoms with Gasteiger partial charge < -0.3 is 13.9 Å². The minimum Gasteiger partial charge on any atom is -0.467 e. The normalized spacial score (nSPS) is 10.2. The highest BCUT2D eigenvalue weighted by Crippen LogP contribution is 2.30. The Kier molecular flexibility index (Phi) is 3.57. The Morgan fingerprint density at radius 2 is 2.29 bits per heavy atom. The lowest BCUT2D eigenvalue weighted by Crippen LogP contribution is -2.00. The summed E-state index contributed by atoms with van der Waals surface area (Å²) in [7, 11) is 1.54. The Balaban J connectivity index is 2.41. The molecule has 4 heteroatoms. The SMILES string of the molecule is COCOc1ccc(C=O)[c]c1-c1ccco1. The van der Waals surface area contributed by atoms with Gasteiger partial charge in [-0.05, 0) is 24.3 Å². The first-order valence-corrected chi connectivity index (χ1v) is 5.02. The molecular weight excluding hydrogens is 220 g/mol. The molecule has 0 saturated heterocycles. The van der Waals surface area contributed by atoms with Crippen molar-refractivity contribution in [2.45, 2.75) is 0 Å². The molecule has 87 valence electrons. The molecule has 1 radical (unpaired) electrons. The third-order valence-corrected chi connectivity index (χ3v) is 2.16. The number of carbonyl (C=O) groups is 1. The van der Waals surface area contributed by atoms with Crippen LogP contribution >= 0.6 is 0 Å². The van der Waals surface area contributed by atoms with Crippen LogP contribution in [0, 0.1) is 6.07 Å². The molecule has 0 saturated carbocycles. The minimum absolute atomic E-state index is 0.127. The summed E-state index contributed by atoms with van der Waals surface area (Å²) in [4.78, 5) is 10.7. The Morgan fingerprint density at radius 3 is 2.94 bits per heavy atom. The number of hydrogen-bond donors (Lipinski definition) is 0. The zero-order chi connectivity index (χ0) is 12.1. The van der Waals surface area contributed by atoms with Gasteiger partial charge in [-0.25, -0.2) is 0 Å². The van der Waals surface area contributed by atoms with Crippen molar-refractivity contribution in [3.05, 3.63) is 42.2 Å². The van der Waals surface area contributed by atoms with Gasteiger partial charge >= 0.3 is 0 Å². The number of carbonyl (C=O) groups excluding carboxylic acids is 1. The van der Waals surface area contributed by atoms with Gasteiger partial charge in [-0.3, -0.25) is 4.79 Å². The van der Waals surface area contributed by atoms with E-state index in [0.717, 1.165) is 6.29 Å². The molecule has 2 rings (SSSR count). The van der Waals surface area contributed by atoms with E-state index < -0.39 is 0 Å². The topological polar surface area (TPSA) is 48.7 Å². The zero-order valence-electron chi connectivity index (χ0n) is 9.30. The maximum Gasteiger partial charge on any atom is 0.188 e. The highest BCUT2D eigenvalue weighted by molar-refractivity contribution is 5.79. The lowest BCUT2D eigenvalue weighted by Gasteiger charge is -2.09. The van der Waals surface area contributed by atoms with Crippen molar-refractivity contribution in [2.24, 2.45) is 0 Å². The molecule has 0 N–H and O–H groups in total. The van der Waals surface area contributed by atoms with Crippen molar-refractivity contribution in [3.8, 4) is 17.1 Å². The molecular formula is C13H11O4. The van der Waals surface area contributed by atoms with E-state index in [9.17, 15) is 4.79 Å². The molecule has 0 bridgehead atoms. The molecule has 4 nitrogen and oxygen atoms in total. The standard InChI is InChI=1S/C13H11O4/c1-15-9-17-13-5-4-10(8-14)7-11(13)12-3-2-6-16-12/h2-6,8H,9H2,1H3. The third kappa shape index (κ3) is 2.54. The fraction of sp³-hybridized carbons (Fsp3) is 0.154. The number of benzene rings is 1. The molecule has 0 aliphatic heterocycles. The van der Waals surface area contributed by atoms with Crippen molar-refractivity contribution in [1.82, 2.24) is 0 Å². The Bertz CT molecular complexity index is 488. The van der Waals surface area contributed by atoms with Crippen LogP contribution in [0.25, 0.3) is 11.3 Å². The second-order valence-corrected chi connectivity index (χ2v) is 3.30. The third-order valence-electron chi connectivity index (χ3n) is 2.16. The number of furan rings is 1. The summed E-state index contributed by atoms with van der Waals surface area (Å²) in [5.41, 5.74) is 1.05. The summed E-state index contributed by atoms with van der Waals surface area (Å²) < 4.78 is 15.5. The summed E-state index contributed by atoms with van der Waals surface area (Å²) >= 11 is 0. The average molecular weight is 231 g/mol. The maximum atomic E-state index is 10.7. The summed E-state index contributed by atoms with van der Waals surface area (Å²) in [5, 5.41) is 0. The number of hydrogen-bond acceptors (Lipinski definition) is 4. The van der Waals surface area contributed by atoms with Crippen LogP contribution in [0.2, 0.25) is 0 Å². The van der Waals surface area contributed by atoms with Gasteiger partial charge in [-0.15, -0.1) is 0 Å². The number of rotatable bonds is 5. The van der Waals surface area contributed by atoms with E-state index in [1.165, 1.54) is 7.11 Å². The fourth-order valence-electron chi connectivity index (χ4n) is 1.41. The second kappa shape index (κ2) is 5.32. The van der Waals surface area contributed by atoms with Crippen molar-refractivity contribution >= 4 is 6.29 Å². The van der Waals surface area contributed by atoms with Crippen LogP contribution in [0.3, 0.4) is 0 Å². The van der Waals surface area contributed by atoms with Crippen LogP contribution in [-0.4, -0.2) is 20.2 Å². The van der Waals surface area contributed by atoms with Crippen molar-refractivity contribution in [1.29, 1.82) is 0 Å². The number of ether oxygens (including phenoxy) is 2. The van der Waals surface area contributed by atoms with Crippen LogP contribution in [0.1, 0.15) is 10.4 Å². The molecule has 1 aromatic heterocycles. The molecule has 1 heterocycles. The van der Waals surface area contributed by atoms with E-state index in [2.05, 4.69) is 6.07 Å². The monoisotopic (exact) mass is 231 g/mol. The quantitative estimate of drug-likeness (QED) is 0.586. The van der Waals surface area contributed by atoms with Crippen molar-refractivity contribution < 1.29 is 18.7 Å². The van der Waals surface area contributed by atoms with Gasteiger partial charge in [0.05, 0.1) is 11.8 Å². The van der Waals surface area contributed by atoms with Crippen molar-refractivity contribution in [2.75, 3.05) is 13.9 Å². The Labute approximate surface area is 98.8 Å². The molecule has 0 aliphatic rings. The molecule has 0 spiro atoms. The van der Waals surface area contributed by atoms with Crippen molar-refractivity contribution in [3.63, 3.8) is 0 Å². The summed E-state index contributed by atoms with van der Waals surface area (Å²) in [6, 6.07) is 9.79. The van der Waals surface area contributed by atoms with Gasteiger partial charge in [0.15, 0.2) is 13.1 Å². The van der Waals surface area contributed by atoms with Gasteiger partial charge in [0.2, 0.25) is 0 Å². The fourth-order valence-corrected chi connectivity index (χ4v) is 1.41. The van der Waals surface area contributed by atoms with Gasteiger partial charge in [-0.1, -0.05) is 0 Å². The molecule has 0 unspecified atom stereocenters. The number of methoxy groups -OCH3 is 1. The highest BCUT2D eigenvalue weighted by Gasteiger charge is 2.10. The molecule has 0 fully saturated rings. The first-order valence-electron chi connectivity index (χ1n) is 5.02. The van der Waals surface area contributed by atoms with Gasteiger partial charge in [-0.2, -0.15) is 0 Å². The van der Waals surface area contributed by atoms with Gasteiger partial charge in [0.1, 0.15) is 11.5 Å². The van der Waals surface area contributed by atoms with E-state index >= 15 is 0 Å². The van der Waals surface area contributed by atoms with Crippen LogP contribution in [-0.2, 0) is 4.74 Å². The smallest absolute Gasteiger partial charge is 0.188 e. The predicted molar refractivity (Wildman–Crippen MR) is 60.9 cm³/mol. The Hall–Kier alpha value is -2.07. The van der Waals surface area contributed by atoms with E-state index in [4.69, 9.17) is 13.9 Å². The maximum absolute atomic E-state index is 10.7. The van der Waals surface area contributed by atoms with Crippen LogP contribution in [0.5, 0.6) is 5.75 Å². The average Bonchev–Trinajstić information content (AvgIpc) is 2.90. The molecule has 0 aliphatic carbocycles. The highest BCUT2D eigenvalue weighted by atomic mass is 16.7. The van der Waals surface area contributed by atoms with Crippen LogP contribution < -0.4 is 4.74 Å². The minimum atomic E-state index is 0.127. The summed E-state index contributed by atoms with van der Waals surface area (Å²) in [6.45, 7) is 0.127. The van der Waals surface area contributed by atoms with E-state index in [1.807, 2.05) is 0 Å². The molecule has 1 aromatic carbocycles. The lowest BCUT2D eigenvalue weighted by molar-refractivity contribution is 0.0514. The van der Waals surface area contributed by atoms with Crippen LogP contribution in [0.15, 0.2) is 34.9 Å². The predicted octanol–water partition coefficient (Wildman–Crippen LogP) is 2.54. The number of aldehydes is 1. The largest absolute Gasteiger partial charge is 0.467 e. The second-order valence-electron chi connectivity index (χ2n) is 3.30. The molecule has 2 aromatic rings. The first kappa shape index (κ1) is 11.4.